The van der Waals surface area contributed by atoms with Gasteiger partial charge in [0.25, 0.3) is 5.91 Å². The summed E-state index contributed by atoms with van der Waals surface area (Å²) in [5.41, 5.74) is 8.16. The van der Waals surface area contributed by atoms with Gasteiger partial charge in [-0.25, -0.2) is 0 Å². The third-order valence-corrected chi connectivity index (χ3v) is 4.82. The fourth-order valence-electron chi connectivity index (χ4n) is 3.57. The molecule has 128 valence electrons. The summed E-state index contributed by atoms with van der Waals surface area (Å²) in [6.07, 6.45) is 7.98. The number of aromatic nitrogens is 3. The summed E-state index contributed by atoms with van der Waals surface area (Å²) in [6.45, 7) is 0. The molecule has 3 N–H and O–H groups in total. The highest BCUT2D eigenvalue weighted by molar-refractivity contribution is 6.08. The molecule has 2 heterocycles. The number of carbonyl (C=O) groups excluding carboxylic acids is 1. The maximum atomic E-state index is 12.7. The third-order valence-electron chi connectivity index (χ3n) is 4.82. The smallest absolute Gasteiger partial charge is 0.259 e. The van der Waals surface area contributed by atoms with Gasteiger partial charge < -0.3 is 11.1 Å². The molecular weight excluding hydrogens is 314 g/mol. The van der Waals surface area contributed by atoms with Crippen LogP contribution in [0.2, 0.25) is 0 Å². The molecule has 1 amide bonds. The average molecular weight is 335 g/mol. The van der Waals surface area contributed by atoms with Crippen LogP contribution in [0.4, 0.5) is 11.4 Å². The van der Waals surface area contributed by atoms with Crippen LogP contribution in [-0.4, -0.2) is 20.5 Å². The second kappa shape index (κ2) is 6.55. The van der Waals surface area contributed by atoms with Crippen LogP contribution in [0.3, 0.4) is 0 Å². The normalized spacial score (nSPS) is 15.4. The summed E-state index contributed by atoms with van der Waals surface area (Å²) in [5, 5.41) is 11.6. The van der Waals surface area contributed by atoms with E-state index in [1.54, 1.807) is 18.2 Å². The van der Waals surface area contributed by atoms with Crippen molar-refractivity contribution in [1.82, 2.24) is 14.6 Å². The number of anilines is 2. The van der Waals surface area contributed by atoms with Crippen molar-refractivity contribution in [2.75, 3.05) is 11.1 Å². The van der Waals surface area contributed by atoms with E-state index in [-0.39, 0.29) is 5.91 Å². The Morgan fingerprint density at radius 2 is 1.96 bits per heavy atom. The number of nitrogens with zero attached hydrogens (tertiary/aromatic N) is 3. The SMILES string of the molecule is Nc1cccc(NC(=O)c2cccn3c(C4CCCCC4)nnc23)c1. The Balaban J connectivity index is 1.65. The maximum absolute atomic E-state index is 12.7. The van der Waals surface area contributed by atoms with Gasteiger partial charge in [0.2, 0.25) is 0 Å². The van der Waals surface area contributed by atoms with Gasteiger partial charge in [-0.05, 0) is 43.2 Å². The topological polar surface area (TPSA) is 85.3 Å². The zero-order valence-corrected chi connectivity index (χ0v) is 14.0. The molecule has 0 atom stereocenters. The molecule has 0 saturated heterocycles. The number of carbonyl (C=O) groups is 1. The Bertz CT molecular complexity index is 911. The molecule has 0 unspecified atom stereocenters. The molecule has 6 heteroatoms. The summed E-state index contributed by atoms with van der Waals surface area (Å²) in [4.78, 5) is 12.7. The quantitative estimate of drug-likeness (QED) is 0.716. The summed E-state index contributed by atoms with van der Waals surface area (Å²) in [5.74, 6) is 1.18. The predicted molar refractivity (Wildman–Crippen MR) is 97.6 cm³/mol. The van der Waals surface area contributed by atoms with Crippen molar-refractivity contribution in [3.05, 3.63) is 54.0 Å². The highest BCUT2D eigenvalue weighted by atomic mass is 16.1. The molecule has 1 fully saturated rings. The number of hydrogen-bond acceptors (Lipinski definition) is 4. The first-order valence-corrected chi connectivity index (χ1v) is 8.73. The summed E-state index contributed by atoms with van der Waals surface area (Å²) in [7, 11) is 0. The number of fused-ring (bicyclic) bond motifs is 1. The van der Waals surface area contributed by atoms with E-state index in [0.717, 1.165) is 18.7 Å². The molecule has 1 aliphatic rings. The van der Waals surface area contributed by atoms with Gasteiger partial charge in [-0.1, -0.05) is 25.3 Å². The van der Waals surface area contributed by atoms with Gasteiger partial charge >= 0.3 is 0 Å². The first kappa shape index (κ1) is 15.6. The number of nitrogens with one attached hydrogen (secondary N) is 1. The molecule has 4 rings (SSSR count). The van der Waals surface area contributed by atoms with E-state index in [4.69, 9.17) is 5.73 Å². The van der Waals surface area contributed by atoms with Gasteiger partial charge in [0.15, 0.2) is 5.65 Å². The number of rotatable bonds is 3. The molecule has 2 aromatic heterocycles. The number of benzene rings is 1. The molecule has 25 heavy (non-hydrogen) atoms. The highest BCUT2D eigenvalue weighted by Gasteiger charge is 2.22. The molecule has 0 spiro atoms. The zero-order valence-electron chi connectivity index (χ0n) is 14.0. The lowest BCUT2D eigenvalue weighted by Gasteiger charge is -2.19. The van der Waals surface area contributed by atoms with Gasteiger partial charge in [-0.15, -0.1) is 10.2 Å². The Hall–Kier alpha value is -2.89. The van der Waals surface area contributed by atoms with E-state index < -0.39 is 0 Å². The number of nitrogen functional groups attached to an aromatic ring is 1. The molecule has 0 radical (unpaired) electrons. The Kier molecular flexibility index (Phi) is 4.09. The molecule has 6 nitrogen and oxygen atoms in total. The van der Waals surface area contributed by atoms with Crippen LogP contribution >= 0.6 is 0 Å². The van der Waals surface area contributed by atoms with E-state index in [9.17, 15) is 4.79 Å². The second-order valence-corrected chi connectivity index (χ2v) is 6.59. The first-order chi connectivity index (χ1) is 12.2. The Morgan fingerprint density at radius 1 is 1.12 bits per heavy atom. The van der Waals surface area contributed by atoms with Crippen molar-refractivity contribution in [1.29, 1.82) is 0 Å². The van der Waals surface area contributed by atoms with Crippen LogP contribution < -0.4 is 11.1 Å². The first-order valence-electron chi connectivity index (χ1n) is 8.73. The maximum Gasteiger partial charge on any atom is 0.259 e. The largest absolute Gasteiger partial charge is 0.399 e. The molecule has 0 aliphatic heterocycles. The van der Waals surface area contributed by atoms with Gasteiger partial charge in [-0.3, -0.25) is 9.20 Å². The fraction of sp³-hybridized carbons (Fsp3) is 0.316. The standard InChI is InChI=1S/C19H21N5O/c20-14-8-4-9-15(12-14)21-19(25)16-10-5-11-24-17(22-23-18(16)24)13-6-2-1-3-7-13/h4-5,8-13H,1-3,6-7,20H2,(H,21,25). The van der Waals surface area contributed by atoms with Crippen LogP contribution in [0, 0.1) is 0 Å². The molecule has 3 aromatic rings. The minimum atomic E-state index is -0.209. The number of amides is 1. The third kappa shape index (κ3) is 3.07. The van der Waals surface area contributed by atoms with Gasteiger partial charge in [0.05, 0.1) is 5.56 Å². The number of nitrogens with two attached hydrogens (primary N) is 1. The second-order valence-electron chi connectivity index (χ2n) is 6.59. The van der Waals surface area contributed by atoms with Crippen molar-refractivity contribution in [3.63, 3.8) is 0 Å². The van der Waals surface area contributed by atoms with E-state index in [2.05, 4.69) is 15.5 Å². The van der Waals surface area contributed by atoms with Crippen molar-refractivity contribution in [3.8, 4) is 0 Å². The van der Waals surface area contributed by atoms with E-state index in [0.29, 0.717) is 28.5 Å². The molecule has 1 saturated carbocycles. The van der Waals surface area contributed by atoms with Crippen LogP contribution in [-0.2, 0) is 0 Å². The number of hydrogen-bond donors (Lipinski definition) is 2. The lowest BCUT2D eigenvalue weighted by molar-refractivity contribution is 0.102. The minimum Gasteiger partial charge on any atom is -0.399 e. The fourth-order valence-corrected chi connectivity index (χ4v) is 3.57. The minimum absolute atomic E-state index is 0.209. The highest BCUT2D eigenvalue weighted by Crippen LogP contribution is 2.32. The summed E-state index contributed by atoms with van der Waals surface area (Å²) in [6, 6.07) is 10.8. The van der Waals surface area contributed by atoms with Crippen LogP contribution in [0.25, 0.3) is 5.65 Å². The molecule has 1 aromatic carbocycles. The van der Waals surface area contributed by atoms with Crippen LogP contribution in [0.5, 0.6) is 0 Å². The lowest BCUT2D eigenvalue weighted by Crippen LogP contribution is -2.14. The van der Waals surface area contributed by atoms with Crippen molar-refractivity contribution < 1.29 is 4.79 Å². The molecule has 1 aliphatic carbocycles. The summed E-state index contributed by atoms with van der Waals surface area (Å²) < 4.78 is 1.96. The average Bonchev–Trinajstić information content (AvgIpc) is 3.06. The monoisotopic (exact) mass is 335 g/mol. The van der Waals surface area contributed by atoms with Gasteiger partial charge in [-0.2, -0.15) is 0 Å². The van der Waals surface area contributed by atoms with E-state index in [1.807, 2.05) is 28.8 Å². The van der Waals surface area contributed by atoms with Crippen molar-refractivity contribution >= 4 is 22.9 Å². The zero-order chi connectivity index (χ0) is 17.2. The Labute approximate surface area is 146 Å². The van der Waals surface area contributed by atoms with E-state index >= 15 is 0 Å². The molecule has 0 bridgehead atoms. The lowest BCUT2D eigenvalue weighted by atomic mass is 9.89. The summed E-state index contributed by atoms with van der Waals surface area (Å²) >= 11 is 0. The van der Waals surface area contributed by atoms with Gasteiger partial charge in [0.1, 0.15) is 5.82 Å². The van der Waals surface area contributed by atoms with Crippen molar-refractivity contribution in [2.24, 2.45) is 0 Å². The van der Waals surface area contributed by atoms with E-state index in [1.165, 1.54) is 19.3 Å². The predicted octanol–water partition coefficient (Wildman–Crippen LogP) is 3.61. The number of pyridine rings is 1. The molecular formula is C19H21N5O. The Morgan fingerprint density at radius 3 is 2.76 bits per heavy atom. The van der Waals surface area contributed by atoms with Crippen LogP contribution in [0.1, 0.15) is 54.2 Å². The van der Waals surface area contributed by atoms with Crippen molar-refractivity contribution in [2.45, 2.75) is 38.0 Å². The van der Waals surface area contributed by atoms with Gasteiger partial charge in [0, 0.05) is 23.5 Å². The van der Waals surface area contributed by atoms with Crippen LogP contribution in [0.15, 0.2) is 42.6 Å².